The van der Waals surface area contributed by atoms with Gasteiger partial charge in [0.1, 0.15) is 0 Å². The predicted molar refractivity (Wildman–Crippen MR) is 33.5 cm³/mol. The molecule has 0 saturated heterocycles. The lowest BCUT2D eigenvalue weighted by Gasteiger charge is -2.07. The number of methoxy groups -OCH3 is 1. The number of ether oxygens (including phenoxy) is 1. The highest BCUT2D eigenvalue weighted by Gasteiger charge is 2.20. The van der Waals surface area contributed by atoms with Crippen molar-refractivity contribution in [2.45, 2.75) is 19.9 Å². The van der Waals surface area contributed by atoms with E-state index in [1.807, 2.05) is 13.8 Å². The summed E-state index contributed by atoms with van der Waals surface area (Å²) in [5.74, 6) is 0.0300. The van der Waals surface area contributed by atoms with Crippen LogP contribution in [0.2, 0.25) is 0 Å². The Kier molecular flexibility index (Phi) is 3.24. The molecule has 1 unspecified atom stereocenters. The normalized spacial score (nSPS) is 13.4. The van der Waals surface area contributed by atoms with Crippen molar-refractivity contribution in [3.8, 4) is 0 Å². The van der Waals surface area contributed by atoms with Gasteiger partial charge in [0.15, 0.2) is 6.04 Å². The first kappa shape index (κ1) is 8.43. The Bertz CT molecular complexity index is 101. The van der Waals surface area contributed by atoms with Gasteiger partial charge in [0, 0.05) is 5.92 Å². The molecule has 0 aliphatic rings. The lowest BCUT2D eigenvalue weighted by atomic mass is 10.1. The molecule has 1 atom stereocenters. The van der Waals surface area contributed by atoms with E-state index in [0.29, 0.717) is 0 Å². The molecule has 3 N–H and O–H groups in total. The van der Waals surface area contributed by atoms with E-state index in [2.05, 4.69) is 10.5 Å². The minimum atomic E-state index is -0.231. The molecule has 0 aromatic carbocycles. The van der Waals surface area contributed by atoms with Gasteiger partial charge >= 0.3 is 5.97 Å². The van der Waals surface area contributed by atoms with E-state index in [0.717, 1.165) is 0 Å². The average Bonchev–Trinajstić information content (AvgIpc) is 1.84. The van der Waals surface area contributed by atoms with E-state index < -0.39 is 0 Å². The Morgan fingerprint density at radius 2 is 2.00 bits per heavy atom. The molecule has 0 fully saturated rings. The fraction of sp³-hybridized carbons (Fsp3) is 0.833. The lowest BCUT2D eigenvalue weighted by Crippen LogP contribution is -2.67. The second-order valence-corrected chi connectivity index (χ2v) is 2.37. The van der Waals surface area contributed by atoms with Crippen LogP contribution in [-0.4, -0.2) is 19.1 Å². The Balaban J connectivity index is 3.72. The number of hydrogen-bond acceptors (Lipinski definition) is 2. The topological polar surface area (TPSA) is 53.9 Å². The van der Waals surface area contributed by atoms with E-state index in [-0.39, 0.29) is 17.9 Å². The number of carbonyl (C=O) groups is 1. The number of quaternary nitrogens is 1. The number of carbonyl (C=O) groups excluding carboxylic acids is 1. The Morgan fingerprint density at radius 1 is 1.56 bits per heavy atom. The molecule has 0 rings (SSSR count). The maximum absolute atomic E-state index is 10.7. The SMILES string of the molecule is COC(=O)C([NH3+])C(C)C. The third kappa shape index (κ3) is 2.46. The molecule has 0 aromatic heterocycles. The quantitative estimate of drug-likeness (QED) is 0.511. The van der Waals surface area contributed by atoms with Crippen LogP contribution in [-0.2, 0) is 9.53 Å². The summed E-state index contributed by atoms with van der Waals surface area (Å²) in [4.78, 5) is 10.7. The Labute approximate surface area is 55.2 Å². The fourth-order valence-electron chi connectivity index (χ4n) is 0.424. The number of hydrogen-bond donors (Lipinski definition) is 1. The molecule has 3 heteroatoms. The summed E-state index contributed by atoms with van der Waals surface area (Å²) in [7, 11) is 1.38. The molecule has 0 saturated carbocycles. The van der Waals surface area contributed by atoms with Gasteiger partial charge in [-0.25, -0.2) is 4.79 Å². The first-order valence-corrected chi connectivity index (χ1v) is 3.00. The first-order valence-electron chi connectivity index (χ1n) is 3.00. The molecule has 3 nitrogen and oxygen atoms in total. The van der Waals surface area contributed by atoms with Crippen molar-refractivity contribution in [1.29, 1.82) is 0 Å². The van der Waals surface area contributed by atoms with Crippen molar-refractivity contribution >= 4 is 5.97 Å². The van der Waals surface area contributed by atoms with Gasteiger partial charge in [-0.05, 0) is 0 Å². The van der Waals surface area contributed by atoms with Gasteiger partial charge in [0.05, 0.1) is 7.11 Å². The van der Waals surface area contributed by atoms with E-state index >= 15 is 0 Å². The highest BCUT2D eigenvalue weighted by atomic mass is 16.5. The zero-order valence-corrected chi connectivity index (χ0v) is 6.18. The third-order valence-corrected chi connectivity index (χ3v) is 1.31. The summed E-state index contributed by atoms with van der Waals surface area (Å²) in [6.07, 6.45) is 0. The van der Waals surface area contributed by atoms with Crippen molar-refractivity contribution in [3.05, 3.63) is 0 Å². The van der Waals surface area contributed by atoms with E-state index in [9.17, 15) is 4.79 Å². The highest BCUT2D eigenvalue weighted by molar-refractivity contribution is 5.73. The van der Waals surface area contributed by atoms with Crippen LogP contribution in [0.25, 0.3) is 0 Å². The molecule has 0 spiro atoms. The van der Waals surface area contributed by atoms with E-state index in [1.54, 1.807) is 0 Å². The van der Waals surface area contributed by atoms with Gasteiger partial charge in [0.25, 0.3) is 0 Å². The van der Waals surface area contributed by atoms with Crippen molar-refractivity contribution < 1.29 is 15.3 Å². The predicted octanol–water partition coefficient (Wildman–Crippen LogP) is -0.574. The van der Waals surface area contributed by atoms with Gasteiger partial charge in [0.2, 0.25) is 0 Å². The molecule has 54 valence electrons. The summed E-state index contributed by atoms with van der Waals surface area (Å²) < 4.78 is 4.47. The minimum absolute atomic E-state index is 0.227. The van der Waals surface area contributed by atoms with Gasteiger partial charge in [-0.2, -0.15) is 0 Å². The monoisotopic (exact) mass is 132 g/mol. The molecule has 0 aliphatic carbocycles. The molecule has 0 amide bonds. The second-order valence-electron chi connectivity index (χ2n) is 2.37. The van der Waals surface area contributed by atoms with Gasteiger partial charge in [-0.1, -0.05) is 13.8 Å². The zero-order valence-electron chi connectivity index (χ0n) is 6.18. The van der Waals surface area contributed by atoms with E-state index in [4.69, 9.17) is 0 Å². The Hall–Kier alpha value is -0.570. The van der Waals surface area contributed by atoms with Gasteiger partial charge in [-0.15, -0.1) is 0 Å². The van der Waals surface area contributed by atoms with Crippen molar-refractivity contribution in [2.24, 2.45) is 5.92 Å². The number of esters is 1. The van der Waals surface area contributed by atoms with Crippen molar-refractivity contribution in [2.75, 3.05) is 7.11 Å². The fourth-order valence-corrected chi connectivity index (χ4v) is 0.424. The van der Waals surface area contributed by atoms with Crippen molar-refractivity contribution in [1.82, 2.24) is 0 Å². The van der Waals surface area contributed by atoms with Crippen LogP contribution >= 0.6 is 0 Å². The second kappa shape index (κ2) is 3.45. The summed E-state index contributed by atoms with van der Waals surface area (Å²) in [6.45, 7) is 3.88. The molecule has 0 radical (unpaired) electrons. The molecule has 0 aliphatic heterocycles. The zero-order chi connectivity index (χ0) is 7.44. The van der Waals surface area contributed by atoms with Gasteiger partial charge in [-0.3, -0.25) is 0 Å². The molecule has 9 heavy (non-hydrogen) atoms. The van der Waals surface area contributed by atoms with Crippen LogP contribution in [0.1, 0.15) is 13.8 Å². The van der Waals surface area contributed by atoms with E-state index in [1.165, 1.54) is 7.11 Å². The molecule has 0 heterocycles. The van der Waals surface area contributed by atoms with Gasteiger partial charge < -0.3 is 10.5 Å². The van der Waals surface area contributed by atoms with Crippen LogP contribution in [0, 0.1) is 5.92 Å². The third-order valence-electron chi connectivity index (χ3n) is 1.31. The average molecular weight is 132 g/mol. The first-order chi connectivity index (χ1) is 4.09. The Morgan fingerprint density at radius 3 is 2.11 bits per heavy atom. The maximum Gasteiger partial charge on any atom is 0.364 e. The van der Waals surface area contributed by atoms with Crippen LogP contribution in [0.3, 0.4) is 0 Å². The smallest absolute Gasteiger partial charge is 0.364 e. The highest BCUT2D eigenvalue weighted by Crippen LogP contribution is 1.96. The lowest BCUT2D eigenvalue weighted by molar-refractivity contribution is -0.418. The summed E-state index contributed by atoms with van der Waals surface area (Å²) >= 11 is 0. The van der Waals surface area contributed by atoms with Crippen LogP contribution in [0.15, 0.2) is 0 Å². The van der Waals surface area contributed by atoms with Crippen LogP contribution < -0.4 is 5.73 Å². The standard InChI is InChI=1S/C6H13NO2/c1-4(2)5(7)6(8)9-3/h4-5H,7H2,1-3H3/p+1. The largest absolute Gasteiger partial charge is 0.465 e. The summed E-state index contributed by atoms with van der Waals surface area (Å²) in [6, 6.07) is -0.227. The minimum Gasteiger partial charge on any atom is -0.465 e. The molecular weight excluding hydrogens is 118 g/mol. The summed E-state index contributed by atoms with van der Waals surface area (Å²) in [5, 5.41) is 0. The number of rotatable bonds is 2. The maximum atomic E-state index is 10.7. The van der Waals surface area contributed by atoms with Crippen LogP contribution in [0.5, 0.6) is 0 Å². The van der Waals surface area contributed by atoms with Crippen molar-refractivity contribution in [3.63, 3.8) is 0 Å². The van der Waals surface area contributed by atoms with Crippen LogP contribution in [0.4, 0.5) is 0 Å². The molecule has 0 aromatic rings. The molecular formula is C6H14NO2+. The molecule has 0 bridgehead atoms. The summed E-state index contributed by atoms with van der Waals surface area (Å²) in [5.41, 5.74) is 3.63.